The van der Waals surface area contributed by atoms with E-state index in [-0.39, 0.29) is 43.1 Å². The summed E-state index contributed by atoms with van der Waals surface area (Å²) in [6, 6.07) is 33.1. The van der Waals surface area contributed by atoms with Gasteiger partial charge in [0.05, 0.1) is 0 Å². The van der Waals surface area contributed by atoms with Crippen molar-refractivity contribution in [1.29, 1.82) is 0 Å². The molecule has 5 aliphatic carbocycles. The summed E-state index contributed by atoms with van der Waals surface area (Å²) < 4.78 is 5.46. The molecule has 0 atom stereocenters. The van der Waals surface area contributed by atoms with Crippen LogP contribution in [0.4, 0.5) is 0 Å². The minimum absolute atomic E-state index is 0. The van der Waals surface area contributed by atoms with E-state index in [1.54, 1.807) is 5.98 Å². The van der Waals surface area contributed by atoms with Crippen molar-refractivity contribution in [2.75, 3.05) is 0 Å². The second-order valence-electron chi connectivity index (χ2n) is 13.7. The average Bonchev–Trinajstić information content (AvgIpc) is 4.02. The molecule has 0 saturated heterocycles. The maximum atomic E-state index is 11.5. The molecule has 8 nitrogen and oxygen atoms in total. The summed E-state index contributed by atoms with van der Waals surface area (Å²) in [5.41, 5.74) is 20.9. The van der Waals surface area contributed by atoms with Crippen molar-refractivity contribution in [2.24, 2.45) is 22.9 Å². The van der Waals surface area contributed by atoms with E-state index in [4.69, 9.17) is 32.5 Å². The molecule has 0 bridgehead atoms. The van der Waals surface area contributed by atoms with Crippen molar-refractivity contribution in [3.63, 3.8) is 0 Å². The number of esters is 1. The maximum absolute atomic E-state index is 11.5. The van der Waals surface area contributed by atoms with Gasteiger partial charge in [-0.3, -0.25) is 9.59 Å². The smallest absolute Gasteiger partial charge is 0.307 e. The highest BCUT2D eigenvalue weighted by Gasteiger charge is 2.26. The third-order valence-corrected chi connectivity index (χ3v) is 11.4. The van der Waals surface area contributed by atoms with Gasteiger partial charge in [0.2, 0.25) is 0 Å². The summed E-state index contributed by atoms with van der Waals surface area (Å²) in [6.45, 7) is 17.1. The lowest BCUT2D eigenvalue weighted by molar-refractivity contribution is -0.132. The average molecular weight is 917 g/mol. The van der Waals surface area contributed by atoms with Gasteiger partial charge in [0.15, 0.2) is 0 Å². The summed E-state index contributed by atoms with van der Waals surface area (Å²) in [6.07, 6.45) is 19.2. The highest BCUT2D eigenvalue weighted by molar-refractivity contribution is 7.94. The van der Waals surface area contributed by atoms with Crippen LogP contribution in [-0.4, -0.2) is 48.2 Å². The normalized spacial score (nSPS) is 13.4. The topological polar surface area (TPSA) is 165 Å². The van der Waals surface area contributed by atoms with Crippen molar-refractivity contribution in [2.45, 2.75) is 208 Å². The molecule has 5 fully saturated rings. The lowest BCUT2D eigenvalue weighted by Crippen LogP contribution is -2.27. The third-order valence-electron chi connectivity index (χ3n) is 7.64. The number of hydrogen-bond acceptors (Lipinski definition) is 8. The van der Waals surface area contributed by atoms with E-state index in [0.717, 1.165) is 35.0 Å². The number of unbranched alkanes of at least 4 members (excludes halogenated alkanes) is 1. The van der Waals surface area contributed by atoms with Crippen LogP contribution in [0.2, 0.25) is 0 Å². The van der Waals surface area contributed by atoms with Gasteiger partial charge in [-0.1, -0.05) is 195 Å². The van der Waals surface area contributed by atoms with Crippen LogP contribution in [0.3, 0.4) is 0 Å². The fraction of sp³-hybridized carbons (Fsp3) is 0.564. The quantitative estimate of drug-likeness (QED) is 0.0850. The number of carbonyl (C=O) groups excluding carboxylic acids is 3. The predicted molar refractivity (Wildman–Crippen MR) is 295 cm³/mol. The Morgan fingerprint density at radius 1 is 0.547 bits per heavy atom. The number of ketones is 1. The maximum Gasteiger partial charge on any atom is 0.307 e. The molecule has 3 aromatic carbocycles. The van der Waals surface area contributed by atoms with Gasteiger partial charge in [0, 0.05) is 50.8 Å². The Labute approximate surface area is 398 Å². The molecule has 64 heavy (non-hydrogen) atoms. The van der Waals surface area contributed by atoms with E-state index in [0.29, 0.717) is 30.0 Å². The zero-order valence-electron chi connectivity index (χ0n) is 38.7. The Kier molecular flexibility index (Phi) is 65.1. The van der Waals surface area contributed by atoms with E-state index >= 15 is 0 Å². The highest BCUT2D eigenvalue weighted by atomic mass is 31.2. The molecule has 8 N–H and O–H groups in total. The first-order valence-corrected chi connectivity index (χ1v) is 23.9. The molecule has 0 heterocycles. The van der Waals surface area contributed by atoms with E-state index in [1.807, 2.05) is 108 Å². The Morgan fingerprint density at radius 2 is 0.734 bits per heavy atom. The first kappa shape index (κ1) is 77.6. The SMILES string of the molecule is C.C.C.C.C.CC.CC.CC(=O)OC=P(c1ccccc1)(c1ccccc1)c1ccccc1.CC=CC.CC=O.CCCC.NC1CC1.NC1CC1.NC1CC1.NC1CC1.O=C1CC1. The lowest BCUT2D eigenvalue weighted by Gasteiger charge is -2.27. The zero-order chi connectivity index (χ0) is 45.3. The van der Waals surface area contributed by atoms with Crippen molar-refractivity contribution < 1.29 is 19.1 Å². The highest BCUT2D eigenvalue weighted by Crippen LogP contribution is 2.43. The van der Waals surface area contributed by atoms with Gasteiger partial charge in [-0.05, 0) is 88.1 Å². The fourth-order valence-corrected chi connectivity index (χ4v) is 6.70. The molecule has 0 aromatic heterocycles. The summed E-state index contributed by atoms with van der Waals surface area (Å²) >= 11 is 0. The van der Waals surface area contributed by atoms with Crippen LogP contribution in [0.1, 0.15) is 183 Å². The van der Waals surface area contributed by atoms with Crippen molar-refractivity contribution >= 4 is 46.8 Å². The van der Waals surface area contributed by atoms with Crippen LogP contribution >= 0.6 is 6.89 Å². The largest absolute Gasteiger partial charge is 0.434 e. The first-order chi connectivity index (χ1) is 28.4. The molecule has 0 unspecified atom stereocenters. The van der Waals surface area contributed by atoms with Gasteiger partial charge in [-0.25, -0.2) is 0 Å². The second-order valence-corrected chi connectivity index (χ2v) is 16.9. The minimum Gasteiger partial charge on any atom is -0.434 e. The molecule has 8 rings (SSSR count). The van der Waals surface area contributed by atoms with Gasteiger partial charge in [0.25, 0.3) is 0 Å². The number of nitrogens with two attached hydrogens (primary N) is 4. The minimum atomic E-state index is -2.18. The molecule has 0 aliphatic heterocycles. The molecule has 0 radical (unpaired) electrons. The molecule has 374 valence electrons. The number of rotatable bonds is 5. The van der Waals surface area contributed by atoms with E-state index in [1.165, 1.54) is 78.1 Å². The number of Topliss-reactive ketones (excluding diaryl/α,β-unsaturated/α-hetero) is 1. The Hall–Kier alpha value is -3.65. The number of allylic oxidation sites excluding steroid dienone is 2. The summed E-state index contributed by atoms with van der Waals surface area (Å²) in [5, 5.41) is 3.47. The first-order valence-electron chi connectivity index (χ1n) is 22.0. The molecule has 3 aromatic rings. The third kappa shape index (κ3) is 51.0. The van der Waals surface area contributed by atoms with E-state index in [9.17, 15) is 9.59 Å². The van der Waals surface area contributed by atoms with Crippen LogP contribution in [0, 0.1) is 0 Å². The van der Waals surface area contributed by atoms with Gasteiger partial charge >= 0.3 is 5.97 Å². The predicted octanol–water partition coefficient (Wildman–Crippen LogP) is 12.9. The molecule has 0 spiro atoms. The van der Waals surface area contributed by atoms with Crippen LogP contribution in [0.5, 0.6) is 0 Å². The van der Waals surface area contributed by atoms with Crippen LogP contribution in [0.15, 0.2) is 103 Å². The molecule has 5 saturated carbocycles. The molecule has 9 heteroatoms. The summed E-state index contributed by atoms with van der Waals surface area (Å²) in [7, 11) is 0. The van der Waals surface area contributed by atoms with Crippen LogP contribution in [-0.2, 0) is 19.1 Å². The van der Waals surface area contributed by atoms with Crippen molar-refractivity contribution in [1.82, 2.24) is 0 Å². The Bertz CT molecular complexity index is 1320. The standard InChI is InChI=1S/C21H19O2P.C4H10.C4H8.4C3H7N.C3H4O.C2H4O.2C2H6.5CH4/c1-18(22)23-17-24(19-11-5-2-6-12-19,20-13-7-3-8-14-20)21-15-9-4-10-16-21;2*1-3-4-2;5*4-3-1-2-3;1-2-3;2*1-2;;;;;/h2-17H,1H3;3-4H2,1-2H3;3-4H,1-2H3;4*3H,1-2,4H2;1-2H2;2H,1H3;2*1-2H3;5*1H4. The van der Waals surface area contributed by atoms with Crippen LogP contribution in [0.25, 0.3) is 0 Å². The van der Waals surface area contributed by atoms with Gasteiger partial charge in [-0.2, -0.15) is 0 Å². The molecular formula is C55H105N4O4P. The van der Waals surface area contributed by atoms with Gasteiger partial charge in [-0.15, -0.1) is 0 Å². The number of benzene rings is 3. The Morgan fingerprint density at radius 3 is 0.844 bits per heavy atom. The van der Waals surface area contributed by atoms with E-state index < -0.39 is 6.89 Å². The van der Waals surface area contributed by atoms with Gasteiger partial charge < -0.3 is 32.5 Å². The monoisotopic (exact) mass is 917 g/mol. The number of ether oxygens (including phenoxy) is 1. The zero-order valence-corrected chi connectivity index (χ0v) is 39.5. The second kappa shape index (κ2) is 53.7. The molecular weight excluding hydrogens is 812 g/mol. The summed E-state index contributed by atoms with van der Waals surface area (Å²) in [4.78, 5) is 29.9. The van der Waals surface area contributed by atoms with Crippen molar-refractivity contribution in [3.8, 4) is 0 Å². The summed E-state index contributed by atoms with van der Waals surface area (Å²) in [5.74, 6) is 1.87. The number of hydrogen-bond donors (Lipinski definition) is 4. The van der Waals surface area contributed by atoms with Crippen molar-refractivity contribution in [3.05, 3.63) is 103 Å². The molecule has 0 amide bonds. The van der Waals surface area contributed by atoms with Gasteiger partial charge in [0.1, 0.15) is 18.1 Å². The van der Waals surface area contributed by atoms with E-state index in [2.05, 4.69) is 50.2 Å². The van der Waals surface area contributed by atoms with Crippen LogP contribution < -0.4 is 38.8 Å². The Balaban J connectivity index is -0.000000107. The molecule has 5 aliphatic rings. The number of carbonyl (C=O) groups is 3. The fourth-order valence-electron chi connectivity index (χ4n) is 3.21. The lowest BCUT2D eigenvalue weighted by atomic mass is 10.4. The number of aldehydes is 1.